The van der Waals surface area contributed by atoms with Crippen molar-refractivity contribution in [1.82, 2.24) is 9.97 Å². The Balaban J connectivity index is 2.23. The highest BCUT2D eigenvalue weighted by molar-refractivity contribution is 9.10. The number of hydrogen-bond donors (Lipinski definition) is 0. The van der Waals surface area contributed by atoms with Crippen LogP contribution in [0.5, 0.6) is 0 Å². The molecule has 0 saturated heterocycles. The molecule has 1 aromatic carbocycles. The molecule has 3 rings (SSSR count). The number of halogens is 1. The van der Waals surface area contributed by atoms with E-state index in [4.69, 9.17) is 0 Å². The van der Waals surface area contributed by atoms with Crippen LogP contribution in [0, 0.1) is 6.92 Å². The molecule has 1 amide bonds. The molecule has 102 valence electrons. The number of benzene rings is 1. The molecule has 0 N–H and O–H groups in total. The average molecular weight is 332 g/mol. The standard InChI is InChI=1S/C15H14BrN3O/c1-9-7-17-8-13(18-9)19-12-6-10(16)4-5-11(12)15(2,3)14(19)20/h4-8H,1-3H3. The van der Waals surface area contributed by atoms with Crippen molar-refractivity contribution < 1.29 is 4.79 Å². The average Bonchev–Trinajstić information content (AvgIpc) is 2.57. The monoisotopic (exact) mass is 331 g/mol. The molecule has 1 aliphatic heterocycles. The SMILES string of the molecule is Cc1cncc(N2C(=O)C(C)(C)c3ccc(Br)cc32)n1. The van der Waals surface area contributed by atoms with Crippen LogP contribution in [0.15, 0.2) is 35.1 Å². The molecule has 0 unspecified atom stereocenters. The van der Waals surface area contributed by atoms with Crippen molar-refractivity contribution >= 4 is 33.3 Å². The summed E-state index contributed by atoms with van der Waals surface area (Å²) in [4.78, 5) is 23.0. The van der Waals surface area contributed by atoms with Gasteiger partial charge in [-0.05, 0) is 38.5 Å². The Hall–Kier alpha value is -1.75. The van der Waals surface area contributed by atoms with Gasteiger partial charge in [-0.25, -0.2) is 4.98 Å². The van der Waals surface area contributed by atoms with Gasteiger partial charge in [0.1, 0.15) is 0 Å². The molecule has 2 heterocycles. The number of nitrogens with zero attached hydrogens (tertiary/aromatic N) is 3. The van der Waals surface area contributed by atoms with E-state index in [1.54, 1.807) is 17.3 Å². The van der Waals surface area contributed by atoms with E-state index >= 15 is 0 Å². The third kappa shape index (κ3) is 1.85. The van der Waals surface area contributed by atoms with Crippen LogP contribution in [0.25, 0.3) is 0 Å². The second-order valence-electron chi connectivity index (χ2n) is 5.45. The summed E-state index contributed by atoms with van der Waals surface area (Å²) < 4.78 is 0.937. The first-order valence-electron chi connectivity index (χ1n) is 6.34. The summed E-state index contributed by atoms with van der Waals surface area (Å²) in [6, 6.07) is 5.89. The van der Waals surface area contributed by atoms with Gasteiger partial charge >= 0.3 is 0 Å². The molecule has 5 heteroatoms. The number of carbonyl (C=O) groups is 1. The summed E-state index contributed by atoms with van der Waals surface area (Å²) in [5.41, 5.74) is 2.11. The van der Waals surface area contributed by atoms with Crippen molar-refractivity contribution in [2.75, 3.05) is 4.90 Å². The van der Waals surface area contributed by atoms with Crippen LogP contribution in [0.3, 0.4) is 0 Å². The normalized spacial score (nSPS) is 16.4. The van der Waals surface area contributed by atoms with Gasteiger partial charge in [-0.1, -0.05) is 22.0 Å². The number of hydrogen-bond acceptors (Lipinski definition) is 3. The molecule has 0 fully saturated rings. The third-order valence-corrected chi connectivity index (χ3v) is 4.08. The van der Waals surface area contributed by atoms with Gasteiger partial charge in [0.2, 0.25) is 5.91 Å². The van der Waals surface area contributed by atoms with Gasteiger partial charge in [0, 0.05) is 10.7 Å². The summed E-state index contributed by atoms with van der Waals surface area (Å²) in [5, 5.41) is 0. The van der Waals surface area contributed by atoms with Crippen molar-refractivity contribution in [2.45, 2.75) is 26.2 Å². The molecule has 20 heavy (non-hydrogen) atoms. The van der Waals surface area contributed by atoms with E-state index in [1.807, 2.05) is 39.0 Å². The lowest BCUT2D eigenvalue weighted by molar-refractivity contribution is -0.121. The third-order valence-electron chi connectivity index (χ3n) is 3.58. The predicted molar refractivity (Wildman–Crippen MR) is 81.1 cm³/mol. The van der Waals surface area contributed by atoms with Gasteiger partial charge in [0.05, 0.1) is 23.0 Å². The van der Waals surface area contributed by atoms with Crippen LogP contribution in [-0.4, -0.2) is 15.9 Å². The zero-order valence-corrected chi connectivity index (χ0v) is 13.1. The Kier molecular flexibility index (Phi) is 2.90. The van der Waals surface area contributed by atoms with Crippen molar-refractivity contribution in [3.63, 3.8) is 0 Å². The second kappa shape index (κ2) is 4.38. The number of fused-ring (bicyclic) bond motifs is 1. The van der Waals surface area contributed by atoms with Gasteiger partial charge in [-0.15, -0.1) is 0 Å². The molecule has 0 atom stereocenters. The molecular weight excluding hydrogens is 318 g/mol. The molecule has 0 radical (unpaired) electrons. The number of rotatable bonds is 1. The van der Waals surface area contributed by atoms with Crippen molar-refractivity contribution in [1.29, 1.82) is 0 Å². The maximum absolute atomic E-state index is 12.7. The summed E-state index contributed by atoms with van der Waals surface area (Å²) in [6.07, 6.45) is 3.30. The van der Waals surface area contributed by atoms with E-state index in [1.165, 1.54) is 0 Å². The lowest BCUT2D eigenvalue weighted by Gasteiger charge is -2.19. The number of anilines is 2. The molecule has 2 aromatic rings. The fourth-order valence-corrected chi connectivity index (χ4v) is 2.86. The van der Waals surface area contributed by atoms with Crippen LogP contribution >= 0.6 is 15.9 Å². The highest BCUT2D eigenvalue weighted by atomic mass is 79.9. The van der Waals surface area contributed by atoms with E-state index in [0.717, 1.165) is 21.4 Å². The minimum absolute atomic E-state index is 0.0190. The Labute approximate surface area is 126 Å². The van der Waals surface area contributed by atoms with E-state index in [-0.39, 0.29) is 5.91 Å². The van der Waals surface area contributed by atoms with Crippen molar-refractivity contribution in [2.24, 2.45) is 0 Å². The summed E-state index contributed by atoms with van der Waals surface area (Å²) in [5.74, 6) is 0.588. The molecule has 0 aliphatic carbocycles. The summed E-state index contributed by atoms with van der Waals surface area (Å²) in [6.45, 7) is 5.74. The lowest BCUT2D eigenvalue weighted by atomic mass is 9.86. The van der Waals surface area contributed by atoms with E-state index in [0.29, 0.717) is 5.82 Å². The molecule has 1 aliphatic rings. The number of amides is 1. The highest BCUT2D eigenvalue weighted by Crippen LogP contribution is 2.45. The lowest BCUT2D eigenvalue weighted by Crippen LogP contribution is -2.33. The van der Waals surface area contributed by atoms with Crippen LogP contribution in [0.1, 0.15) is 25.1 Å². The Morgan fingerprint density at radius 1 is 1.25 bits per heavy atom. The topological polar surface area (TPSA) is 46.1 Å². The number of carbonyl (C=O) groups excluding carboxylic acids is 1. The van der Waals surface area contributed by atoms with Gasteiger partial charge < -0.3 is 0 Å². The van der Waals surface area contributed by atoms with Gasteiger partial charge in [0.15, 0.2) is 5.82 Å². The van der Waals surface area contributed by atoms with Gasteiger partial charge in [0.25, 0.3) is 0 Å². The fraction of sp³-hybridized carbons (Fsp3) is 0.267. The second-order valence-corrected chi connectivity index (χ2v) is 6.36. The molecule has 0 bridgehead atoms. The molecule has 0 saturated carbocycles. The first kappa shape index (κ1) is 13.2. The zero-order valence-electron chi connectivity index (χ0n) is 11.5. The zero-order chi connectivity index (χ0) is 14.5. The molecule has 0 spiro atoms. The van der Waals surface area contributed by atoms with Gasteiger partial charge in [-0.2, -0.15) is 0 Å². The quantitative estimate of drug-likeness (QED) is 0.803. The fourth-order valence-electron chi connectivity index (χ4n) is 2.51. The summed E-state index contributed by atoms with van der Waals surface area (Å²) in [7, 11) is 0. The first-order valence-corrected chi connectivity index (χ1v) is 7.14. The Morgan fingerprint density at radius 2 is 2.00 bits per heavy atom. The molecule has 1 aromatic heterocycles. The predicted octanol–water partition coefficient (Wildman–Crippen LogP) is 3.50. The van der Waals surface area contributed by atoms with Crippen LogP contribution in [0.4, 0.5) is 11.5 Å². The Morgan fingerprint density at radius 3 is 2.70 bits per heavy atom. The smallest absolute Gasteiger partial charge is 0.242 e. The van der Waals surface area contributed by atoms with Gasteiger partial charge in [-0.3, -0.25) is 14.7 Å². The largest absolute Gasteiger partial charge is 0.273 e. The van der Waals surface area contributed by atoms with E-state index in [9.17, 15) is 4.79 Å². The maximum atomic E-state index is 12.7. The van der Waals surface area contributed by atoms with Crippen LogP contribution in [-0.2, 0) is 10.2 Å². The van der Waals surface area contributed by atoms with Crippen molar-refractivity contribution in [3.05, 3.63) is 46.3 Å². The van der Waals surface area contributed by atoms with Crippen LogP contribution in [0.2, 0.25) is 0 Å². The number of aromatic nitrogens is 2. The molecular formula is C15H14BrN3O. The highest BCUT2D eigenvalue weighted by Gasteiger charge is 2.45. The van der Waals surface area contributed by atoms with E-state index < -0.39 is 5.41 Å². The maximum Gasteiger partial charge on any atom is 0.242 e. The summed E-state index contributed by atoms with van der Waals surface area (Å²) >= 11 is 3.46. The Bertz CT molecular complexity index is 712. The molecule has 4 nitrogen and oxygen atoms in total. The van der Waals surface area contributed by atoms with E-state index in [2.05, 4.69) is 25.9 Å². The van der Waals surface area contributed by atoms with Crippen molar-refractivity contribution in [3.8, 4) is 0 Å². The minimum atomic E-state index is -0.554. The minimum Gasteiger partial charge on any atom is -0.273 e. The van der Waals surface area contributed by atoms with Crippen LogP contribution < -0.4 is 4.90 Å². The first-order chi connectivity index (χ1) is 9.41. The number of aryl methyl sites for hydroxylation is 1.